The van der Waals surface area contributed by atoms with Crippen LogP contribution in [0, 0.1) is 0 Å². The monoisotopic (exact) mass is 392 g/mol. The van der Waals surface area contributed by atoms with Crippen LogP contribution in [0.25, 0.3) is 0 Å². The number of halogens is 1. The van der Waals surface area contributed by atoms with E-state index in [2.05, 4.69) is 0 Å². The standard InChI is InChI=1S/C19H17ClO7/c20-18(26)17(25)19(27,15(23)12-9-5-2-6-10-12)16(24)14(22)13(21)11-7-3-1-4-8-11/h1-10,14,16-17,22,24-25,27H/t14?,16-,17+,19-/m1/s1. The number of carbonyl (C=O) groups is 3. The molecule has 2 rings (SSSR count). The number of carbonyl (C=O) groups excluding carboxylic acids is 3. The maximum absolute atomic E-state index is 12.7. The Labute approximate surface area is 159 Å². The van der Waals surface area contributed by atoms with Crippen LogP contribution in [-0.2, 0) is 4.79 Å². The van der Waals surface area contributed by atoms with E-state index in [0.717, 1.165) is 0 Å². The van der Waals surface area contributed by atoms with Gasteiger partial charge in [0.1, 0.15) is 12.2 Å². The fourth-order valence-corrected chi connectivity index (χ4v) is 2.74. The van der Waals surface area contributed by atoms with Crippen LogP contribution in [0.15, 0.2) is 60.7 Å². The molecule has 0 heterocycles. The number of hydrogen-bond acceptors (Lipinski definition) is 7. The van der Waals surface area contributed by atoms with E-state index in [-0.39, 0.29) is 11.1 Å². The number of Topliss-reactive ketones (excluding diaryl/α,β-unsaturated/α-hetero) is 2. The van der Waals surface area contributed by atoms with E-state index in [1.807, 2.05) is 0 Å². The molecule has 0 spiro atoms. The second kappa shape index (κ2) is 8.51. The lowest BCUT2D eigenvalue weighted by atomic mass is 9.79. The highest BCUT2D eigenvalue weighted by Gasteiger charge is 2.55. The molecule has 4 N–H and O–H groups in total. The average Bonchev–Trinajstić information content (AvgIpc) is 2.71. The number of aliphatic hydroxyl groups excluding tert-OH is 3. The van der Waals surface area contributed by atoms with Gasteiger partial charge in [-0.15, -0.1) is 0 Å². The fraction of sp³-hybridized carbons (Fsp3) is 0.211. The highest BCUT2D eigenvalue weighted by atomic mass is 35.5. The molecule has 7 nitrogen and oxygen atoms in total. The molecule has 27 heavy (non-hydrogen) atoms. The van der Waals surface area contributed by atoms with Crippen LogP contribution in [0.4, 0.5) is 0 Å². The zero-order chi connectivity index (χ0) is 20.2. The average molecular weight is 393 g/mol. The summed E-state index contributed by atoms with van der Waals surface area (Å²) in [6.45, 7) is 0. The summed E-state index contributed by atoms with van der Waals surface area (Å²) in [4.78, 5) is 36.5. The first-order valence-corrected chi connectivity index (χ1v) is 8.24. The van der Waals surface area contributed by atoms with Gasteiger partial charge in [0.25, 0.3) is 5.24 Å². The van der Waals surface area contributed by atoms with Crippen molar-refractivity contribution < 1.29 is 34.8 Å². The molecular formula is C19H17ClO7. The Morgan fingerprint density at radius 2 is 1.26 bits per heavy atom. The SMILES string of the molecule is O=C(c1ccccc1)C(O)[C@@H](O)[C@](O)(C(=O)c1ccccc1)[C@@H](O)C(=O)Cl. The third-order valence-corrected chi connectivity index (χ3v) is 4.32. The molecule has 0 bridgehead atoms. The molecule has 0 aromatic heterocycles. The summed E-state index contributed by atoms with van der Waals surface area (Å²) in [7, 11) is 0. The van der Waals surface area contributed by atoms with Gasteiger partial charge in [0, 0.05) is 11.1 Å². The normalized spacial score (nSPS) is 16.6. The molecule has 4 atom stereocenters. The summed E-state index contributed by atoms with van der Waals surface area (Å²) in [6, 6.07) is 14.3. The molecule has 0 fully saturated rings. The van der Waals surface area contributed by atoms with E-state index in [1.165, 1.54) is 48.5 Å². The van der Waals surface area contributed by atoms with Crippen molar-refractivity contribution in [3.05, 3.63) is 71.8 Å². The Morgan fingerprint density at radius 1 is 0.815 bits per heavy atom. The van der Waals surface area contributed by atoms with Crippen LogP contribution in [-0.4, -0.2) is 61.1 Å². The molecular weight excluding hydrogens is 376 g/mol. The maximum Gasteiger partial charge on any atom is 0.253 e. The fourth-order valence-electron chi connectivity index (χ4n) is 2.57. The van der Waals surface area contributed by atoms with Crippen molar-refractivity contribution in [1.82, 2.24) is 0 Å². The van der Waals surface area contributed by atoms with Gasteiger partial charge in [-0.2, -0.15) is 0 Å². The van der Waals surface area contributed by atoms with Crippen LogP contribution in [0.1, 0.15) is 20.7 Å². The summed E-state index contributed by atoms with van der Waals surface area (Å²) in [5, 5.41) is 39.8. The van der Waals surface area contributed by atoms with Gasteiger partial charge in [-0.05, 0) is 11.6 Å². The van der Waals surface area contributed by atoms with Gasteiger partial charge in [0.05, 0.1) is 0 Å². The minimum atomic E-state index is -3.25. The van der Waals surface area contributed by atoms with Crippen molar-refractivity contribution in [3.8, 4) is 0 Å². The summed E-state index contributed by atoms with van der Waals surface area (Å²) < 4.78 is 0. The van der Waals surface area contributed by atoms with E-state index >= 15 is 0 Å². The molecule has 0 saturated carbocycles. The highest BCUT2D eigenvalue weighted by molar-refractivity contribution is 6.65. The van der Waals surface area contributed by atoms with Crippen LogP contribution in [0.5, 0.6) is 0 Å². The molecule has 0 amide bonds. The predicted molar refractivity (Wildman–Crippen MR) is 95.4 cm³/mol. The van der Waals surface area contributed by atoms with Crippen LogP contribution >= 0.6 is 11.6 Å². The lowest BCUT2D eigenvalue weighted by Crippen LogP contribution is -2.64. The maximum atomic E-state index is 12.7. The Bertz CT molecular complexity index is 824. The quantitative estimate of drug-likeness (QED) is 0.376. The van der Waals surface area contributed by atoms with Crippen LogP contribution < -0.4 is 0 Å². The zero-order valence-electron chi connectivity index (χ0n) is 13.9. The molecule has 0 aliphatic heterocycles. The summed E-state index contributed by atoms with van der Waals surface area (Å²) in [5.74, 6) is -2.30. The van der Waals surface area contributed by atoms with Gasteiger partial charge in [-0.25, -0.2) is 0 Å². The van der Waals surface area contributed by atoms with E-state index in [9.17, 15) is 34.8 Å². The van der Waals surface area contributed by atoms with E-state index < -0.39 is 40.7 Å². The first kappa shape index (κ1) is 20.9. The Balaban J connectivity index is 2.45. The number of aliphatic hydroxyl groups is 4. The minimum absolute atomic E-state index is 0.00903. The van der Waals surface area contributed by atoms with E-state index in [4.69, 9.17) is 11.6 Å². The van der Waals surface area contributed by atoms with Crippen molar-refractivity contribution in [3.63, 3.8) is 0 Å². The molecule has 2 aromatic rings. The van der Waals surface area contributed by atoms with Crippen LogP contribution in [0.2, 0.25) is 0 Å². The smallest absolute Gasteiger partial charge is 0.253 e. The lowest BCUT2D eigenvalue weighted by molar-refractivity contribution is -0.155. The largest absolute Gasteiger partial charge is 0.386 e. The predicted octanol–water partition coefficient (Wildman–Crippen LogP) is 0.331. The van der Waals surface area contributed by atoms with Crippen molar-refractivity contribution in [2.24, 2.45) is 0 Å². The Hall–Kier alpha value is -2.42. The van der Waals surface area contributed by atoms with Gasteiger partial charge in [0.15, 0.2) is 23.3 Å². The van der Waals surface area contributed by atoms with Crippen molar-refractivity contribution in [2.75, 3.05) is 0 Å². The Kier molecular flexibility index (Phi) is 6.59. The first-order chi connectivity index (χ1) is 12.7. The third-order valence-electron chi connectivity index (χ3n) is 4.11. The van der Waals surface area contributed by atoms with Crippen LogP contribution in [0.3, 0.4) is 0 Å². The molecule has 8 heteroatoms. The molecule has 1 unspecified atom stereocenters. The molecule has 0 aliphatic carbocycles. The topological polar surface area (TPSA) is 132 Å². The molecule has 142 valence electrons. The highest BCUT2D eigenvalue weighted by Crippen LogP contribution is 2.27. The third kappa shape index (κ3) is 4.13. The molecule has 0 saturated heterocycles. The van der Waals surface area contributed by atoms with Gasteiger partial charge in [-0.3, -0.25) is 14.4 Å². The van der Waals surface area contributed by atoms with E-state index in [0.29, 0.717) is 0 Å². The van der Waals surface area contributed by atoms with Gasteiger partial charge >= 0.3 is 0 Å². The van der Waals surface area contributed by atoms with Crippen molar-refractivity contribution in [1.29, 1.82) is 0 Å². The van der Waals surface area contributed by atoms with Gasteiger partial charge in [0.2, 0.25) is 0 Å². The zero-order valence-corrected chi connectivity index (χ0v) is 14.7. The number of benzene rings is 2. The molecule has 0 aliphatic rings. The number of ketones is 2. The molecule has 0 radical (unpaired) electrons. The number of rotatable bonds is 8. The number of hydrogen-bond donors (Lipinski definition) is 4. The minimum Gasteiger partial charge on any atom is -0.386 e. The van der Waals surface area contributed by atoms with Gasteiger partial charge in [-0.1, -0.05) is 60.7 Å². The second-order valence-electron chi connectivity index (χ2n) is 5.85. The van der Waals surface area contributed by atoms with Crippen molar-refractivity contribution in [2.45, 2.75) is 23.9 Å². The molecule has 2 aromatic carbocycles. The summed E-state index contributed by atoms with van der Waals surface area (Å²) in [6.07, 6.45) is -7.42. The van der Waals surface area contributed by atoms with Crippen molar-refractivity contribution >= 4 is 28.4 Å². The lowest BCUT2D eigenvalue weighted by Gasteiger charge is -2.35. The second-order valence-corrected chi connectivity index (χ2v) is 6.22. The van der Waals surface area contributed by atoms with E-state index in [1.54, 1.807) is 12.1 Å². The summed E-state index contributed by atoms with van der Waals surface area (Å²) >= 11 is 5.21. The first-order valence-electron chi connectivity index (χ1n) is 7.86. The van der Waals surface area contributed by atoms with Gasteiger partial charge < -0.3 is 20.4 Å². The Morgan fingerprint density at radius 3 is 1.70 bits per heavy atom. The summed E-state index contributed by atoms with van der Waals surface area (Å²) in [5.41, 5.74) is -3.43.